The van der Waals surface area contributed by atoms with Crippen molar-refractivity contribution in [2.45, 2.75) is 32.0 Å². The number of furan rings is 1. The van der Waals surface area contributed by atoms with Gasteiger partial charge in [-0.25, -0.2) is 8.78 Å². The molecule has 1 amide bonds. The highest BCUT2D eigenvalue weighted by Crippen LogP contribution is 2.19. The normalized spacial score (nSPS) is 18.3. The average Bonchev–Trinajstić information content (AvgIpc) is 3.08. The summed E-state index contributed by atoms with van der Waals surface area (Å²) in [6.07, 6.45) is 3.05. The molecule has 0 spiro atoms. The lowest BCUT2D eigenvalue weighted by Gasteiger charge is -2.33. The van der Waals surface area contributed by atoms with Crippen molar-refractivity contribution in [3.05, 3.63) is 59.1 Å². The van der Waals surface area contributed by atoms with Crippen LogP contribution in [0.15, 0.2) is 34.9 Å². The molecule has 1 saturated heterocycles. The highest BCUT2D eigenvalue weighted by atomic mass is 19.1. The van der Waals surface area contributed by atoms with Crippen molar-refractivity contribution in [1.82, 2.24) is 10.2 Å². The molecule has 0 saturated carbocycles. The lowest BCUT2D eigenvalue weighted by atomic mass is 10.0. The minimum atomic E-state index is -0.543. The summed E-state index contributed by atoms with van der Waals surface area (Å²) in [5, 5.41) is 2.95. The Bertz CT molecular complexity index is 727. The predicted molar refractivity (Wildman–Crippen MR) is 88.7 cm³/mol. The van der Waals surface area contributed by atoms with Gasteiger partial charge in [-0.3, -0.25) is 9.69 Å². The Labute approximate surface area is 144 Å². The van der Waals surface area contributed by atoms with Gasteiger partial charge in [-0.05, 0) is 37.6 Å². The van der Waals surface area contributed by atoms with Crippen LogP contribution in [0.3, 0.4) is 0 Å². The van der Waals surface area contributed by atoms with Crippen molar-refractivity contribution in [2.75, 3.05) is 13.1 Å². The number of benzene rings is 1. The van der Waals surface area contributed by atoms with Crippen LogP contribution in [0.1, 0.15) is 34.5 Å². The summed E-state index contributed by atoms with van der Waals surface area (Å²) in [5.41, 5.74) is 5.97. The third-order valence-electron chi connectivity index (χ3n) is 4.40. The number of hydrogen-bond donors (Lipinski definition) is 2. The second-order valence-electron chi connectivity index (χ2n) is 6.25. The molecule has 1 fully saturated rings. The molecule has 134 valence electrons. The highest BCUT2D eigenvalue weighted by Gasteiger charge is 2.24. The van der Waals surface area contributed by atoms with E-state index in [1.165, 1.54) is 24.5 Å². The summed E-state index contributed by atoms with van der Waals surface area (Å²) in [6.45, 7) is 1.71. The van der Waals surface area contributed by atoms with E-state index in [1.807, 2.05) is 4.90 Å². The summed E-state index contributed by atoms with van der Waals surface area (Å²) >= 11 is 0. The summed E-state index contributed by atoms with van der Waals surface area (Å²) in [4.78, 5) is 14.2. The minimum Gasteiger partial charge on any atom is -0.467 e. The van der Waals surface area contributed by atoms with Gasteiger partial charge in [-0.1, -0.05) is 6.07 Å². The van der Waals surface area contributed by atoms with E-state index in [0.29, 0.717) is 17.9 Å². The van der Waals surface area contributed by atoms with Crippen LogP contribution < -0.4 is 11.1 Å². The number of carbonyl (C=O) groups excluding carboxylic acids is 1. The zero-order valence-electron chi connectivity index (χ0n) is 13.8. The standard InChI is InChI=1S/C18H21F2N3O2/c19-16-4-1-5-17(20)15(16)10-23-6-2-3-13(9-23)22-18(24)12-7-14(8-21)25-11-12/h1,4-5,7,11,13H,2-3,6,8-10,21H2,(H,22,24). The SMILES string of the molecule is NCc1cc(C(=O)NC2CCCN(Cc3c(F)cccc3F)C2)co1. The van der Waals surface area contributed by atoms with E-state index in [-0.39, 0.29) is 30.6 Å². The summed E-state index contributed by atoms with van der Waals surface area (Å²) in [7, 11) is 0. The molecule has 1 aromatic heterocycles. The molecule has 1 aliphatic heterocycles. The van der Waals surface area contributed by atoms with Crippen LogP contribution in [0.5, 0.6) is 0 Å². The Hall–Kier alpha value is -2.25. The number of nitrogens with one attached hydrogen (secondary N) is 1. The molecule has 1 atom stereocenters. The van der Waals surface area contributed by atoms with E-state index in [0.717, 1.165) is 19.4 Å². The Morgan fingerprint density at radius 2 is 2.12 bits per heavy atom. The van der Waals surface area contributed by atoms with Gasteiger partial charge in [0.1, 0.15) is 23.7 Å². The first-order valence-corrected chi connectivity index (χ1v) is 8.30. The van der Waals surface area contributed by atoms with Crippen LogP contribution in [-0.4, -0.2) is 29.9 Å². The Kier molecular flexibility index (Phi) is 5.45. The van der Waals surface area contributed by atoms with Gasteiger partial charge in [0.25, 0.3) is 5.91 Å². The van der Waals surface area contributed by atoms with E-state index in [2.05, 4.69) is 5.32 Å². The number of nitrogens with zero attached hydrogens (tertiary/aromatic N) is 1. The van der Waals surface area contributed by atoms with Crippen LogP contribution in [0.2, 0.25) is 0 Å². The predicted octanol–water partition coefficient (Wildman–Crippen LogP) is 2.41. The van der Waals surface area contributed by atoms with E-state index in [1.54, 1.807) is 6.07 Å². The molecule has 1 unspecified atom stereocenters. The lowest BCUT2D eigenvalue weighted by molar-refractivity contribution is 0.0899. The molecule has 0 aliphatic carbocycles. The van der Waals surface area contributed by atoms with Gasteiger partial charge < -0.3 is 15.5 Å². The second-order valence-corrected chi connectivity index (χ2v) is 6.25. The summed E-state index contributed by atoms with van der Waals surface area (Å²) in [5.74, 6) is -0.768. The molecule has 3 rings (SSSR count). The number of rotatable bonds is 5. The Balaban J connectivity index is 1.60. The monoisotopic (exact) mass is 349 g/mol. The number of nitrogens with two attached hydrogens (primary N) is 1. The van der Waals surface area contributed by atoms with Crippen molar-refractivity contribution in [1.29, 1.82) is 0 Å². The number of carbonyl (C=O) groups is 1. The first kappa shape index (κ1) is 17.6. The van der Waals surface area contributed by atoms with Crippen LogP contribution in [0.25, 0.3) is 0 Å². The topological polar surface area (TPSA) is 71.5 Å². The third-order valence-corrected chi connectivity index (χ3v) is 4.40. The average molecular weight is 349 g/mol. The number of hydrogen-bond acceptors (Lipinski definition) is 4. The molecular formula is C18H21F2N3O2. The first-order chi connectivity index (χ1) is 12.1. The number of amides is 1. The highest BCUT2D eigenvalue weighted by molar-refractivity contribution is 5.94. The second kappa shape index (κ2) is 7.76. The van der Waals surface area contributed by atoms with Crippen molar-refractivity contribution < 1.29 is 18.0 Å². The van der Waals surface area contributed by atoms with Crippen molar-refractivity contribution >= 4 is 5.91 Å². The van der Waals surface area contributed by atoms with Crippen molar-refractivity contribution in [2.24, 2.45) is 5.73 Å². The zero-order valence-corrected chi connectivity index (χ0v) is 13.8. The molecule has 1 aromatic carbocycles. The summed E-state index contributed by atoms with van der Waals surface area (Å²) in [6, 6.07) is 5.41. The van der Waals surface area contributed by atoms with Crippen molar-refractivity contribution in [3.8, 4) is 0 Å². The minimum absolute atomic E-state index is 0.0666. The van der Waals surface area contributed by atoms with Crippen LogP contribution in [-0.2, 0) is 13.1 Å². The molecule has 2 aromatic rings. The smallest absolute Gasteiger partial charge is 0.254 e. The van der Waals surface area contributed by atoms with Gasteiger partial charge in [0.2, 0.25) is 0 Å². The summed E-state index contributed by atoms with van der Waals surface area (Å²) < 4.78 is 32.8. The molecule has 25 heavy (non-hydrogen) atoms. The number of piperidine rings is 1. The van der Waals surface area contributed by atoms with Crippen LogP contribution in [0.4, 0.5) is 8.78 Å². The van der Waals surface area contributed by atoms with Gasteiger partial charge in [-0.15, -0.1) is 0 Å². The van der Waals surface area contributed by atoms with Gasteiger partial charge in [0.15, 0.2) is 0 Å². The zero-order chi connectivity index (χ0) is 17.8. The quantitative estimate of drug-likeness (QED) is 0.870. The fraction of sp³-hybridized carbons (Fsp3) is 0.389. The van der Waals surface area contributed by atoms with Crippen LogP contribution in [0, 0.1) is 11.6 Å². The molecule has 3 N–H and O–H groups in total. The number of halogens is 2. The van der Waals surface area contributed by atoms with Crippen LogP contribution >= 0.6 is 0 Å². The van der Waals surface area contributed by atoms with Gasteiger partial charge in [-0.2, -0.15) is 0 Å². The first-order valence-electron chi connectivity index (χ1n) is 8.30. The van der Waals surface area contributed by atoms with E-state index in [4.69, 9.17) is 10.2 Å². The molecule has 7 heteroatoms. The fourth-order valence-electron chi connectivity index (χ4n) is 3.10. The molecule has 2 heterocycles. The molecule has 0 radical (unpaired) electrons. The van der Waals surface area contributed by atoms with Gasteiger partial charge in [0.05, 0.1) is 12.1 Å². The fourth-order valence-corrected chi connectivity index (χ4v) is 3.10. The molecule has 5 nitrogen and oxygen atoms in total. The Morgan fingerprint density at radius 1 is 1.36 bits per heavy atom. The maximum absolute atomic E-state index is 13.8. The van der Waals surface area contributed by atoms with E-state index in [9.17, 15) is 13.6 Å². The maximum Gasteiger partial charge on any atom is 0.254 e. The van der Waals surface area contributed by atoms with Crippen molar-refractivity contribution in [3.63, 3.8) is 0 Å². The third kappa shape index (κ3) is 4.24. The Morgan fingerprint density at radius 3 is 2.80 bits per heavy atom. The largest absolute Gasteiger partial charge is 0.467 e. The van der Waals surface area contributed by atoms with E-state index >= 15 is 0 Å². The molecule has 0 bridgehead atoms. The van der Waals surface area contributed by atoms with Gasteiger partial charge in [0, 0.05) is 24.7 Å². The lowest BCUT2D eigenvalue weighted by Crippen LogP contribution is -2.47. The molecular weight excluding hydrogens is 328 g/mol. The maximum atomic E-state index is 13.8. The van der Waals surface area contributed by atoms with Gasteiger partial charge >= 0.3 is 0 Å². The molecule has 1 aliphatic rings. The number of likely N-dealkylation sites (tertiary alicyclic amines) is 1. The van der Waals surface area contributed by atoms with E-state index < -0.39 is 11.6 Å².